The van der Waals surface area contributed by atoms with Crippen molar-refractivity contribution in [3.63, 3.8) is 0 Å². The van der Waals surface area contributed by atoms with E-state index < -0.39 is 4.92 Å². The molecule has 0 amide bonds. The molecule has 0 heterocycles. The smallest absolute Gasteiger partial charge is 0.273 e. The number of nitrogens with zero attached hydrogens (tertiary/aromatic N) is 1. The molecule has 86 valence electrons. The Balaban J connectivity index is 2.96. The third kappa shape index (κ3) is 3.13. The Morgan fingerprint density at radius 3 is 2.75 bits per heavy atom. The fourth-order valence-electron chi connectivity index (χ4n) is 1.46. The molecule has 1 rings (SSSR count). The van der Waals surface area contributed by atoms with Crippen molar-refractivity contribution in [3.05, 3.63) is 39.4 Å². The van der Waals surface area contributed by atoms with Crippen molar-refractivity contribution in [2.75, 3.05) is 13.7 Å². The summed E-state index contributed by atoms with van der Waals surface area (Å²) in [6.07, 6.45) is 0.0336. The van der Waals surface area contributed by atoms with Crippen LogP contribution in [0.4, 0.5) is 5.69 Å². The normalized spacial score (nSPS) is 10.1. The molecule has 1 aromatic carbocycles. The first-order valence-corrected chi connectivity index (χ1v) is 4.79. The molecule has 0 fully saturated rings. The highest BCUT2D eigenvalue weighted by Gasteiger charge is 2.16. The molecule has 0 bridgehead atoms. The standard InChI is InChI=1S/C11H13NO4/c1-8-3-4-11(12(14)15)9(5-8)6-10(13)7-16-2/h3-5H,6-7H2,1-2H3. The van der Waals surface area contributed by atoms with Gasteiger partial charge in [-0.25, -0.2) is 0 Å². The Morgan fingerprint density at radius 1 is 1.50 bits per heavy atom. The topological polar surface area (TPSA) is 69.4 Å². The zero-order valence-electron chi connectivity index (χ0n) is 9.23. The monoisotopic (exact) mass is 223 g/mol. The number of benzene rings is 1. The third-order valence-corrected chi connectivity index (χ3v) is 2.12. The average Bonchev–Trinajstić information content (AvgIpc) is 2.17. The summed E-state index contributed by atoms with van der Waals surface area (Å²) < 4.78 is 4.69. The predicted octanol–water partition coefficient (Wildman–Crippen LogP) is 1.66. The fourth-order valence-corrected chi connectivity index (χ4v) is 1.46. The number of rotatable bonds is 5. The molecule has 0 aromatic heterocycles. The van der Waals surface area contributed by atoms with E-state index in [4.69, 9.17) is 0 Å². The van der Waals surface area contributed by atoms with Crippen LogP contribution in [0.5, 0.6) is 0 Å². The summed E-state index contributed by atoms with van der Waals surface area (Å²) in [6, 6.07) is 4.73. The summed E-state index contributed by atoms with van der Waals surface area (Å²) in [5.74, 6) is -0.170. The third-order valence-electron chi connectivity index (χ3n) is 2.12. The van der Waals surface area contributed by atoms with Crippen LogP contribution in [0.3, 0.4) is 0 Å². The van der Waals surface area contributed by atoms with E-state index in [9.17, 15) is 14.9 Å². The van der Waals surface area contributed by atoms with Crippen molar-refractivity contribution in [2.45, 2.75) is 13.3 Å². The number of nitro benzene ring substituents is 1. The molecule has 1 aromatic rings. The Labute approximate surface area is 93.2 Å². The fraction of sp³-hybridized carbons (Fsp3) is 0.364. The van der Waals surface area contributed by atoms with Crippen LogP contribution >= 0.6 is 0 Å². The van der Waals surface area contributed by atoms with E-state index in [1.807, 2.05) is 6.92 Å². The minimum atomic E-state index is -0.477. The van der Waals surface area contributed by atoms with Gasteiger partial charge in [-0.1, -0.05) is 11.6 Å². The van der Waals surface area contributed by atoms with Gasteiger partial charge in [0.25, 0.3) is 5.69 Å². The van der Waals surface area contributed by atoms with Gasteiger partial charge in [0.15, 0.2) is 5.78 Å². The van der Waals surface area contributed by atoms with Crippen LogP contribution in [0, 0.1) is 17.0 Å². The molecule has 0 spiro atoms. The molecule has 5 heteroatoms. The second-order valence-electron chi connectivity index (χ2n) is 3.54. The van der Waals surface area contributed by atoms with Crippen molar-refractivity contribution in [2.24, 2.45) is 0 Å². The Hall–Kier alpha value is -1.75. The number of hydrogen-bond acceptors (Lipinski definition) is 4. The lowest BCUT2D eigenvalue weighted by molar-refractivity contribution is -0.385. The lowest BCUT2D eigenvalue weighted by atomic mass is 10.0. The Kier molecular flexibility index (Phi) is 4.13. The maximum absolute atomic E-state index is 11.4. The van der Waals surface area contributed by atoms with Gasteiger partial charge in [0.2, 0.25) is 0 Å². The van der Waals surface area contributed by atoms with E-state index in [-0.39, 0.29) is 24.5 Å². The first kappa shape index (κ1) is 12.3. The van der Waals surface area contributed by atoms with Crippen LogP contribution in [-0.4, -0.2) is 24.4 Å². The van der Waals surface area contributed by atoms with Crippen molar-refractivity contribution in [1.82, 2.24) is 0 Å². The van der Waals surface area contributed by atoms with Gasteiger partial charge < -0.3 is 4.74 Å². The zero-order chi connectivity index (χ0) is 12.1. The van der Waals surface area contributed by atoms with Gasteiger partial charge in [0.05, 0.1) is 4.92 Å². The van der Waals surface area contributed by atoms with Crippen LogP contribution in [0.2, 0.25) is 0 Å². The van der Waals surface area contributed by atoms with Gasteiger partial charge in [-0.05, 0) is 13.0 Å². The summed E-state index contributed by atoms with van der Waals surface area (Å²) in [5.41, 5.74) is 1.31. The second-order valence-corrected chi connectivity index (χ2v) is 3.54. The van der Waals surface area contributed by atoms with Crippen LogP contribution in [0.1, 0.15) is 11.1 Å². The Morgan fingerprint density at radius 2 is 2.19 bits per heavy atom. The van der Waals surface area contributed by atoms with E-state index in [0.717, 1.165) is 5.56 Å². The summed E-state index contributed by atoms with van der Waals surface area (Å²) in [6.45, 7) is 1.80. The van der Waals surface area contributed by atoms with Crippen molar-refractivity contribution >= 4 is 11.5 Å². The molecule has 0 radical (unpaired) electrons. The predicted molar refractivity (Wildman–Crippen MR) is 58.4 cm³/mol. The molecule has 0 aliphatic carbocycles. The van der Waals surface area contributed by atoms with Gasteiger partial charge in [-0.2, -0.15) is 0 Å². The number of carbonyl (C=O) groups excluding carboxylic acids is 1. The highest BCUT2D eigenvalue weighted by Crippen LogP contribution is 2.20. The highest BCUT2D eigenvalue weighted by molar-refractivity contribution is 5.83. The van der Waals surface area contributed by atoms with Gasteiger partial charge in [-0.3, -0.25) is 14.9 Å². The second kappa shape index (κ2) is 5.37. The molecular weight excluding hydrogens is 210 g/mol. The molecule has 0 aliphatic rings. The maximum Gasteiger partial charge on any atom is 0.273 e. The van der Waals surface area contributed by atoms with Crippen molar-refractivity contribution in [1.29, 1.82) is 0 Å². The summed E-state index contributed by atoms with van der Waals surface area (Å²) in [4.78, 5) is 21.6. The molecule has 0 saturated heterocycles. The number of methoxy groups -OCH3 is 1. The van der Waals surface area contributed by atoms with Crippen LogP contribution in [-0.2, 0) is 16.0 Å². The minimum Gasteiger partial charge on any atom is -0.377 e. The molecule has 0 N–H and O–H groups in total. The number of aryl methyl sites for hydroxylation is 1. The molecule has 0 saturated carbocycles. The van der Waals surface area contributed by atoms with Gasteiger partial charge in [0.1, 0.15) is 6.61 Å². The van der Waals surface area contributed by atoms with Crippen LogP contribution in [0.25, 0.3) is 0 Å². The molecular formula is C11H13NO4. The van der Waals surface area contributed by atoms with Gasteiger partial charge >= 0.3 is 0 Å². The van der Waals surface area contributed by atoms with Crippen LogP contribution in [0.15, 0.2) is 18.2 Å². The van der Waals surface area contributed by atoms with E-state index in [1.165, 1.54) is 13.2 Å². The summed E-state index contributed by atoms with van der Waals surface area (Å²) in [5, 5.41) is 10.7. The number of hydrogen-bond donors (Lipinski definition) is 0. The number of ether oxygens (including phenoxy) is 1. The largest absolute Gasteiger partial charge is 0.377 e. The SMILES string of the molecule is COCC(=O)Cc1cc(C)ccc1[N+](=O)[O-]. The van der Waals surface area contributed by atoms with Crippen molar-refractivity contribution in [3.8, 4) is 0 Å². The number of ketones is 1. The highest BCUT2D eigenvalue weighted by atomic mass is 16.6. The lowest BCUT2D eigenvalue weighted by Crippen LogP contribution is -2.11. The van der Waals surface area contributed by atoms with Gasteiger partial charge in [-0.15, -0.1) is 0 Å². The number of nitro groups is 1. The van der Waals surface area contributed by atoms with E-state index >= 15 is 0 Å². The summed E-state index contributed by atoms with van der Waals surface area (Å²) in [7, 11) is 1.42. The summed E-state index contributed by atoms with van der Waals surface area (Å²) >= 11 is 0. The first-order valence-electron chi connectivity index (χ1n) is 4.79. The molecule has 0 unspecified atom stereocenters. The van der Waals surface area contributed by atoms with E-state index in [2.05, 4.69) is 4.74 Å². The maximum atomic E-state index is 11.4. The molecule has 16 heavy (non-hydrogen) atoms. The van der Waals surface area contributed by atoms with Gasteiger partial charge in [0, 0.05) is 25.2 Å². The average molecular weight is 223 g/mol. The van der Waals surface area contributed by atoms with Crippen molar-refractivity contribution < 1.29 is 14.5 Å². The minimum absolute atomic E-state index is 0.0185. The molecule has 0 aliphatic heterocycles. The molecule has 5 nitrogen and oxygen atoms in total. The van der Waals surface area contributed by atoms with E-state index in [1.54, 1.807) is 12.1 Å². The quantitative estimate of drug-likeness (QED) is 0.562. The van der Waals surface area contributed by atoms with Crippen LogP contribution < -0.4 is 0 Å². The number of carbonyl (C=O) groups is 1. The molecule has 0 atom stereocenters. The zero-order valence-corrected chi connectivity index (χ0v) is 9.23. The number of Topliss-reactive ketones (excluding diaryl/α,β-unsaturated/α-hetero) is 1. The lowest BCUT2D eigenvalue weighted by Gasteiger charge is -2.03. The Bertz CT molecular complexity index is 414. The first-order chi connectivity index (χ1) is 7.54. The van der Waals surface area contributed by atoms with E-state index in [0.29, 0.717) is 5.56 Å².